The third-order valence-corrected chi connectivity index (χ3v) is 4.49. The van der Waals surface area contributed by atoms with Crippen molar-refractivity contribution in [3.05, 3.63) is 66.0 Å². The van der Waals surface area contributed by atoms with Gasteiger partial charge in [-0.05, 0) is 24.3 Å². The van der Waals surface area contributed by atoms with Crippen molar-refractivity contribution in [2.24, 2.45) is 0 Å². The number of hydrogen-bond acceptors (Lipinski definition) is 7. The lowest BCUT2D eigenvalue weighted by atomic mass is 9.96. The number of amides is 2. The number of carbonyl (C=O) groups is 2. The van der Waals surface area contributed by atoms with Crippen molar-refractivity contribution in [2.75, 3.05) is 19.7 Å². The van der Waals surface area contributed by atoms with E-state index in [1.165, 1.54) is 24.4 Å². The molecule has 1 fully saturated rings. The minimum atomic E-state index is -1.88. The number of benzene rings is 1. The largest absolute Gasteiger partial charge is 0.387 e. The molecule has 2 aromatic rings. The van der Waals surface area contributed by atoms with Gasteiger partial charge in [0.15, 0.2) is 0 Å². The van der Waals surface area contributed by atoms with Crippen molar-refractivity contribution in [1.82, 2.24) is 15.4 Å². The first kappa shape index (κ1) is 19.9. The van der Waals surface area contributed by atoms with Gasteiger partial charge < -0.3 is 20.3 Å². The molecule has 0 unspecified atom stereocenters. The summed E-state index contributed by atoms with van der Waals surface area (Å²) in [6, 6.07) is 12.9. The summed E-state index contributed by atoms with van der Waals surface area (Å²) in [5.74, 6) is -1.16. The summed E-state index contributed by atoms with van der Waals surface area (Å²) in [5.41, 5.74) is -1.43. The van der Waals surface area contributed by atoms with Crippen LogP contribution in [-0.2, 0) is 4.74 Å². The lowest BCUT2D eigenvalue weighted by molar-refractivity contribution is -0.133. The zero-order valence-electron chi connectivity index (χ0n) is 14.9. The number of aliphatic hydroxyl groups is 2. The molecule has 0 spiro atoms. The highest BCUT2D eigenvalue weighted by atomic mass is 16.5. The normalized spacial score (nSPS) is 24.0. The molecule has 1 saturated heterocycles. The minimum absolute atomic E-state index is 0.0725. The van der Waals surface area contributed by atoms with Crippen LogP contribution in [0.4, 0.5) is 0 Å². The molecule has 1 aliphatic heterocycles. The molecule has 3 rings (SSSR count). The fourth-order valence-electron chi connectivity index (χ4n) is 2.93. The average Bonchev–Trinajstić information content (AvgIpc) is 3.00. The quantitative estimate of drug-likeness (QED) is 0.400. The standard InChI is InChI=1S/C19H21N3O6/c23-16-15(10-21-17(24)14-8-4-5-9-20-14)28-12-19(16,26)11-22(27)18(25)13-6-2-1-3-7-13/h1-9,15-16,23,26-27H,10-12H2,(H,21,24)/t15-,16-,19+/m1/s1. The van der Waals surface area contributed by atoms with Gasteiger partial charge in [-0.25, -0.2) is 5.06 Å². The summed E-state index contributed by atoms with van der Waals surface area (Å²) in [6.45, 7) is -0.930. The third-order valence-electron chi connectivity index (χ3n) is 4.49. The Bertz CT molecular complexity index is 819. The van der Waals surface area contributed by atoms with Gasteiger partial charge in [0.25, 0.3) is 11.8 Å². The van der Waals surface area contributed by atoms with Crippen molar-refractivity contribution in [3.8, 4) is 0 Å². The van der Waals surface area contributed by atoms with Crippen LogP contribution in [0.15, 0.2) is 54.7 Å². The molecule has 0 saturated carbocycles. The van der Waals surface area contributed by atoms with E-state index in [4.69, 9.17) is 4.74 Å². The summed E-state index contributed by atoms with van der Waals surface area (Å²) in [4.78, 5) is 28.2. The summed E-state index contributed by atoms with van der Waals surface area (Å²) >= 11 is 0. The fraction of sp³-hybridized carbons (Fsp3) is 0.316. The molecule has 9 nitrogen and oxygen atoms in total. The molecule has 2 heterocycles. The number of carbonyl (C=O) groups excluding carboxylic acids is 2. The number of hydroxylamine groups is 2. The van der Waals surface area contributed by atoms with E-state index in [9.17, 15) is 25.0 Å². The van der Waals surface area contributed by atoms with Gasteiger partial charge in [0, 0.05) is 18.3 Å². The molecular formula is C19H21N3O6. The number of aromatic nitrogens is 1. The van der Waals surface area contributed by atoms with E-state index in [2.05, 4.69) is 10.3 Å². The van der Waals surface area contributed by atoms with Crippen LogP contribution in [0.5, 0.6) is 0 Å². The van der Waals surface area contributed by atoms with E-state index >= 15 is 0 Å². The molecular weight excluding hydrogens is 366 g/mol. The summed E-state index contributed by atoms with van der Waals surface area (Å²) in [7, 11) is 0. The molecule has 0 aliphatic carbocycles. The SMILES string of the molecule is O=C(NC[C@H]1OC[C@@](O)(CN(O)C(=O)c2ccccc2)[C@@H]1O)c1ccccn1. The van der Waals surface area contributed by atoms with Crippen LogP contribution in [0, 0.1) is 0 Å². The van der Waals surface area contributed by atoms with Gasteiger partial charge in [-0.1, -0.05) is 24.3 Å². The number of rotatable bonds is 6. The highest BCUT2D eigenvalue weighted by molar-refractivity contribution is 5.93. The maximum atomic E-state index is 12.2. The summed E-state index contributed by atoms with van der Waals surface area (Å²) < 4.78 is 5.37. The highest BCUT2D eigenvalue weighted by Crippen LogP contribution is 2.26. The second-order valence-corrected chi connectivity index (χ2v) is 6.55. The molecule has 0 bridgehead atoms. The van der Waals surface area contributed by atoms with Crippen molar-refractivity contribution in [3.63, 3.8) is 0 Å². The Hall–Kier alpha value is -2.85. The molecule has 1 aromatic heterocycles. The van der Waals surface area contributed by atoms with E-state index in [0.29, 0.717) is 5.06 Å². The second kappa shape index (κ2) is 8.44. The van der Waals surface area contributed by atoms with Crippen LogP contribution in [0.25, 0.3) is 0 Å². The van der Waals surface area contributed by atoms with Crippen LogP contribution < -0.4 is 5.32 Å². The smallest absolute Gasteiger partial charge is 0.277 e. The summed E-state index contributed by atoms with van der Waals surface area (Å²) in [6.07, 6.45) is -0.846. The zero-order chi connectivity index (χ0) is 20.1. The Morgan fingerprint density at radius 3 is 2.61 bits per heavy atom. The van der Waals surface area contributed by atoms with Crippen LogP contribution in [-0.4, -0.2) is 74.8 Å². The molecule has 1 aliphatic rings. The fourth-order valence-corrected chi connectivity index (χ4v) is 2.93. The number of pyridine rings is 1. The molecule has 148 valence electrons. The molecule has 2 amide bonds. The van der Waals surface area contributed by atoms with Crippen molar-refractivity contribution in [1.29, 1.82) is 0 Å². The first-order chi connectivity index (χ1) is 13.4. The lowest BCUT2D eigenvalue weighted by Gasteiger charge is -2.29. The van der Waals surface area contributed by atoms with Gasteiger partial charge in [0.05, 0.1) is 13.2 Å². The Kier molecular flexibility index (Phi) is 6.00. The van der Waals surface area contributed by atoms with E-state index in [0.717, 1.165) is 0 Å². The molecule has 28 heavy (non-hydrogen) atoms. The predicted octanol–water partition coefficient (Wildman–Crippen LogP) is -0.166. The van der Waals surface area contributed by atoms with Gasteiger partial charge in [-0.3, -0.25) is 19.8 Å². The van der Waals surface area contributed by atoms with Crippen molar-refractivity contribution in [2.45, 2.75) is 17.8 Å². The van der Waals surface area contributed by atoms with Gasteiger partial charge >= 0.3 is 0 Å². The molecule has 1 aromatic carbocycles. The highest BCUT2D eigenvalue weighted by Gasteiger charge is 2.49. The topological polar surface area (TPSA) is 132 Å². The van der Waals surface area contributed by atoms with Crippen LogP contribution in [0.2, 0.25) is 0 Å². The maximum absolute atomic E-state index is 12.2. The average molecular weight is 387 g/mol. The molecule has 4 N–H and O–H groups in total. The van der Waals surface area contributed by atoms with Gasteiger partial charge in [-0.2, -0.15) is 0 Å². The number of aliphatic hydroxyl groups excluding tert-OH is 1. The van der Waals surface area contributed by atoms with E-state index in [1.54, 1.807) is 30.3 Å². The zero-order valence-corrected chi connectivity index (χ0v) is 14.9. The summed E-state index contributed by atoms with van der Waals surface area (Å²) in [5, 5.41) is 34.0. The second-order valence-electron chi connectivity index (χ2n) is 6.55. The molecule has 9 heteroatoms. The number of ether oxygens (including phenoxy) is 1. The van der Waals surface area contributed by atoms with Crippen LogP contribution in [0.3, 0.4) is 0 Å². The molecule has 0 radical (unpaired) electrons. The molecule has 3 atom stereocenters. The monoisotopic (exact) mass is 387 g/mol. The number of nitrogens with zero attached hydrogens (tertiary/aromatic N) is 2. The Morgan fingerprint density at radius 1 is 1.21 bits per heavy atom. The Labute approximate surface area is 161 Å². The minimum Gasteiger partial charge on any atom is -0.387 e. The Balaban J connectivity index is 1.56. The van der Waals surface area contributed by atoms with Crippen LogP contribution in [0.1, 0.15) is 20.8 Å². The van der Waals surface area contributed by atoms with E-state index < -0.39 is 36.2 Å². The number of nitrogens with one attached hydrogen (secondary N) is 1. The maximum Gasteiger partial charge on any atom is 0.277 e. The lowest BCUT2D eigenvalue weighted by Crippen LogP contribution is -2.54. The third kappa shape index (κ3) is 4.34. The van der Waals surface area contributed by atoms with Gasteiger partial charge in [0.1, 0.15) is 23.5 Å². The van der Waals surface area contributed by atoms with Crippen molar-refractivity contribution >= 4 is 11.8 Å². The van der Waals surface area contributed by atoms with Crippen LogP contribution >= 0.6 is 0 Å². The first-order valence-corrected chi connectivity index (χ1v) is 8.68. The van der Waals surface area contributed by atoms with E-state index in [1.807, 2.05) is 0 Å². The Morgan fingerprint density at radius 2 is 1.93 bits per heavy atom. The van der Waals surface area contributed by atoms with Crippen molar-refractivity contribution < 1.29 is 29.7 Å². The van der Waals surface area contributed by atoms with E-state index in [-0.39, 0.29) is 24.4 Å². The van der Waals surface area contributed by atoms with Gasteiger partial charge in [0.2, 0.25) is 0 Å². The predicted molar refractivity (Wildman–Crippen MR) is 96.5 cm³/mol. The number of hydrogen-bond donors (Lipinski definition) is 4. The van der Waals surface area contributed by atoms with Gasteiger partial charge in [-0.15, -0.1) is 0 Å². The first-order valence-electron chi connectivity index (χ1n) is 8.68.